The third-order valence-electron chi connectivity index (χ3n) is 4.89. The Balaban J connectivity index is 1.69. The number of rotatable bonds is 9. The van der Waals surface area contributed by atoms with Gasteiger partial charge in [-0.15, -0.1) is 0 Å². The second-order valence-electron chi connectivity index (χ2n) is 7.13. The first-order valence-electron chi connectivity index (χ1n) is 9.83. The molecule has 1 atom stereocenters. The molecule has 9 heteroatoms. The summed E-state index contributed by atoms with van der Waals surface area (Å²) in [7, 11) is 0. The molecular weight excluding hydrogens is 471 g/mol. The molecule has 0 fully saturated rings. The van der Waals surface area contributed by atoms with Gasteiger partial charge >= 0.3 is 5.97 Å². The van der Waals surface area contributed by atoms with Gasteiger partial charge in [-0.3, -0.25) is 9.59 Å². The number of carbonyl (C=O) groups is 3. The number of para-hydroxylation sites is 1. The minimum absolute atomic E-state index is 0.178. The highest BCUT2D eigenvalue weighted by molar-refractivity contribution is 7.98. The van der Waals surface area contributed by atoms with Gasteiger partial charge in [-0.1, -0.05) is 41.4 Å². The number of ketones is 1. The van der Waals surface area contributed by atoms with Gasteiger partial charge in [0.1, 0.15) is 6.04 Å². The summed E-state index contributed by atoms with van der Waals surface area (Å²) in [6.07, 6.45) is 2.24. The number of esters is 1. The molecule has 0 spiro atoms. The van der Waals surface area contributed by atoms with Crippen LogP contribution < -0.4 is 5.32 Å². The number of amides is 1. The number of aromatic nitrogens is 1. The van der Waals surface area contributed by atoms with Crippen LogP contribution in [0.3, 0.4) is 0 Å². The van der Waals surface area contributed by atoms with Gasteiger partial charge in [0, 0.05) is 27.2 Å². The molecule has 0 bridgehead atoms. The summed E-state index contributed by atoms with van der Waals surface area (Å²) < 4.78 is 5.30. The van der Waals surface area contributed by atoms with E-state index in [-0.39, 0.29) is 16.4 Å². The molecule has 0 aliphatic carbocycles. The standard InChI is InChI=1S/C23H22Cl2N2O4S/c1-13-21(16-5-3-4-6-18(16)26-13)20(28)12-31-23(30)19(9-10-32-2)27-22(29)15-8-7-14(24)11-17(15)25/h3-8,11,19,26H,9-10,12H2,1-2H3,(H,27,29). The molecule has 2 aromatic carbocycles. The minimum Gasteiger partial charge on any atom is -0.456 e. The highest BCUT2D eigenvalue weighted by Gasteiger charge is 2.25. The fourth-order valence-electron chi connectivity index (χ4n) is 3.34. The number of hydrogen-bond donors (Lipinski definition) is 2. The molecule has 0 aliphatic heterocycles. The molecule has 1 amide bonds. The van der Waals surface area contributed by atoms with Crippen LogP contribution in [0.4, 0.5) is 0 Å². The maximum Gasteiger partial charge on any atom is 0.329 e. The van der Waals surface area contributed by atoms with E-state index in [9.17, 15) is 14.4 Å². The van der Waals surface area contributed by atoms with Crippen molar-refractivity contribution < 1.29 is 19.1 Å². The van der Waals surface area contributed by atoms with Crippen molar-refractivity contribution in [3.8, 4) is 0 Å². The number of halogens is 2. The molecule has 0 saturated carbocycles. The number of Topliss-reactive ketones (excluding diaryl/α,β-unsaturated/α-hetero) is 1. The van der Waals surface area contributed by atoms with Crippen LogP contribution in [0.1, 0.15) is 32.8 Å². The van der Waals surface area contributed by atoms with Crippen LogP contribution in [0.2, 0.25) is 10.0 Å². The number of aryl methyl sites for hydroxylation is 1. The number of carbonyl (C=O) groups excluding carboxylic acids is 3. The van der Waals surface area contributed by atoms with Gasteiger partial charge in [-0.25, -0.2) is 4.79 Å². The Morgan fingerprint density at radius 3 is 2.62 bits per heavy atom. The van der Waals surface area contributed by atoms with Crippen molar-refractivity contribution in [1.82, 2.24) is 10.3 Å². The van der Waals surface area contributed by atoms with E-state index < -0.39 is 24.5 Å². The van der Waals surface area contributed by atoms with E-state index in [4.69, 9.17) is 27.9 Å². The van der Waals surface area contributed by atoms with E-state index in [0.717, 1.165) is 10.9 Å². The zero-order chi connectivity index (χ0) is 23.3. The van der Waals surface area contributed by atoms with E-state index in [0.29, 0.717) is 28.5 Å². The lowest BCUT2D eigenvalue weighted by Crippen LogP contribution is -2.42. The van der Waals surface area contributed by atoms with Crippen LogP contribution in [0.25, 0.3) is 10.9 Å². The zero-order valence-corrected chi connectivity index (χ0v) is 19.9. The predicted octanol–water partition coefficient (Wildman–Crippen LogP) is 5.06. The summed E-state index contributed by atoms with van der Waals surface area (Å²) in [5.74, 6) is -0.898. The van der Waals surface area contributed by atoms with Crippen molar-refractivity contribution >= 4 is 63.5 Å². The number of benzene rings is 2. The molecule has 2 N–H and O–H groups in total. The molecule has 32 heavy (non-hydrogen) atoms. The Hall–Kier alpha value is -2.48. The molecule has 1 aromatic heterocycles. The van der Waals surface area contributed by atoms with Crippen molar-refractivity contribution in [2.45, 2.75) is 19.4 Å². The Morgan fingerprint density at radius 2 is 1.91 bits per heavy atom. The molecule has 3 aromatic rings. The number of H-pyrrole nitrogens is 1. The SMILES string of the molecule is CSCCC(NC(=O)c1ccc(Cl)cc1Cl)C(=O)OCC(=O)c1c(C)[nH]c2ccccc12. The van der Waals surface area contributed by atoms with Gasteiger partial charge in [-0.05, 0) is 49.6 Å². The number of fused-ring (bicyclic) bond motifs is 1. The average molecular weight is 493 g/mol. The molecule has 0 saturated heterocycles. The lowest BCUT2D eigenvalue weighted by atomic mass is 10.1. The lowest BCUT2D eigenvalue weighted by Gasteiger charge is -2.17. The van der Waals surface area contributed by atoms with Crippen LogP contribution in [-0.4, -0.2) is 47.3 Å². The van der Waals surface area contributed by atoms with Crippen molar-refractivity contribution in [2.75, 3.05) is 18.6 Å². The fourth-order valence-corrected chi connectivity index (χ4v) is 4.31. The smallest absolute Gasteiger partial charge is 0.329 e. The number of aromatic amines is 1. The number of hydrogen-bond acceptors (Lipinski definition) is 5. The average Bonchev–Trinajstić information content (AvgIpc) is 3.10. The summed E-state index contributed by atoms with van der Waals surface area (Å²) >= 11 is 13.5. The monoisotopic (exact) mass is 492 g/mol. The van der Waals surface area contributed by atoms with Crippen LogP contribution in [-0.2, 0) is 9.53 Å². The maximum atomic E-state index is 12.8. The first kappa shape index (κ1) is 24.2. The molecule has 168 valence electrons. The third kappa shape index (κ3) is 5.65. The Bertz CT molecular complexity index is 1160. The highest BCUT2D eigenvalue weighted by atomic mass is 35.5. The first-order chi connectivity index (χ1) is 15.3. The second kappa shape index (κ2) is 10.9. The Kier molecular flexibility index (Phi) is 8.23. The molecule has 0 radical (unpaired) electrons. The Labute approximate surface area is 200 Å². The van der Waals surface area contributed by atoms with Gasteiger partial charge in [0.25, 0.3) is 5.91 Å². The van der Waals surface area contributed by atoms with Crippen molar-refractivity contribution in [2.24, 2.45) is 0 Å². The van der Waals surface area contributed by atoms with E-state index in [1.165, 1.54) is 23.9 Å². The van der Waals surface area contributed by atoms with Gasteiger partial charge in [0.05, 0.1) is 10.6 Å². The number of ether oxygens (including phenoxy) is 1. The van der Waals surface area contributed by atoms with Crippen LogP contribution >= 0.6 is 35.0 Å². The summed E-state index contributed by atoms with van der Waals surface area (Å²) in [5, 5.41) is 4.01. The van der Waals surface area contributed by atoms with E-state index in [2.05, 4.69) is 10.3 Å². The molecule has 3 rings (SSSR count). The van der Waals surface area contributed by atoms with E-state index in [1.54, 1.807) is 13.0 Å². The van der Waals surface area contributed by atoms with Crippen molar-refractivity contribution in [3.63, 3.8) is 0 Å². The summed E-state index contributed by atoms with van der Waals surface area (Å²) in [6, 6.07) is 11.0. The highest BCUT2D eigenvalue weighted by Crippen LogP contribution is 2.23. The second-order valence-corrected chi connectivity index (χ2v) is 8.96. The molecule has 1 unspecified atom stereocenters. The number of thioether (sulfide) groups is 1. The summed E-state index contributed by atoms with van der Waals surface area (Å²) in [6.45, 7) is 1.38. The summed E-state index contributed by atoms with van der Waals surface area (Å²) in [4.78, 5) is 41.3. The predicted molar refractivity (Wildman–Crippen MR) is 129 cm³/mol. The largest absolute Gasteiger partial charge is 0.456 e. The molecular formula is C23H22Cl2N2O4S. The topological polar surface area (TPSA) is 88.3 Å². The zero-order valence-electron chi connectivity index (χ0n) is 17.5. The lowest BCUT2D eigenvalue weighted by molar-refractivity contribution is -0.144. The van der Waals surface area contributed by atoms with Gasteiger partial charge in [0.15, 0.2) is 6.61 Å². The molecule has 6 nitrogen and oxygen atoms in total. The van der Waals surface area contributed by atoms with Crippen molar-refractivity contribution in [3.05, 3.63) is 69.3 Å². The fraction of sp³-hybridized carbons (Fsp3) is 0.261. The first-order valence-corrected chi connectivity index (χ1v) is 12.0. The van der Waals surface area contributed by atoms with Crippen molar-refractivity contribution in [1.29, 1.82) is 0 Å². The van der Waals surface area contributed by atoms with Crippen LogP contribution in [0, 0.1) is 6.92 Å². The Morgan fingerprint density at radius 1 is 1.16 bits per heavy atom. The molecule has 0 aliphatic rings. The maximum absolute atomic E-state index is 12.8. The number of nitrogens with one attached hydrogen (secondary N) is 2. The van der Waals surface area contributed by atoms with Crippen LogP contribution in [0.5, 0.6) is 0 Å². The normalized spacial score (nSPS) is 11.9. The van der Waals surface area contributed by atoms with Gasteiger partial charge < -0.3 is 15.0 Å². The van der Waals surface area contributed by atoms with Gasteiger partial charge in [0.2, 0.25) is 5.78 Å². The quantitative estimate of drug-likeness (QED) is 0.321. The van der Waals surface area contributed by atoms with Gasteiger partial charge in [-0.2, -0.15) is 11.8 Å². The van der Waals surface area contributed by atoms with Crippen LogP contribution in [0.15, 0.2) is 42.5 Å². The van der Waals surface area contributed by atoms with E-state index >= 15 is 0 Å². The van der Waals surface area contributed by atoms with E-state index in [1.807, 2.05) is 30.5 Å². The third-order valence-corrected chi connectivity index (χ3v) is 6.09. The minimum atomic E-state index is -0.918. The summed E-state index contributed by atoms with van der Waals surface area (Å²) in [5.41, 5.74) is 2.23. The molecule has 1 heterocycles.